The Bertz CT molecular complexity index is 1130. The van der Waals surface area contributed by atoms with E-state index in [2.05, 4.69) is 10.3 Å². The molecule has 0 radical (unpaired) electrons. The van der Waals surface area contributed by atoms with Gasteiger partial charge in [-0.1, -0.05) is 18.2 Å². The summed E-state index contributed by atoms with van der Waals surface area (Å²) >= 11 is 0. The van der Waals surface area contributed by atoms with Crippen LogP contribution in [0.2, 0.25) is 0 Å². The Balaban J connectivity index is 1.64. The number of nitrogens with one attached hydrogen (secondary N) is 1. The first-order valence-electron chi connectivity index (χ1n) is 9.82. The third-order valence-electron chi connectivity index (χ3n) is 5.24. The molecule has 2 heterocycles. The average Bonchev–Trinajstić information content (AvgIpc) is 3.19. The molecule has 7 nitrogen and oxygen atoms in total. The number of amides is 2. The molecule has 1 aliphatic rings. The zero-order valence-electron chi connectivity index (χ0n) is 16.6. The Hall–Kier alpha value is -3.92. The molecule has 0 fully saturated rings. The number of hydrogen-bond donors (Lipinski definition) is 1. The number of benzene rings is 2. The second kappa shape index (κ2) is 8.21. The summed E-state index contributed by atoms with van der Waals surface area (Å²) < 4.78 is 1.87. The molecule has 1 aliphatic heterocycles. The van der Waals surface area contributed by atoms with Crippen LogP contribution in [-0.4, -0.2) is 28.4 Å². The molecule has 0 bridgehead atoms. The second-order valence-electron chi connectivity index (χ2n) is 7.18. The van der Waals surface area contributed by atoms with Gasteiger partial charge >= 0.3 is 0 Å². The summed E-state index contributed by atoms with van der Waals surface area (Å²) in [5.41, 5.74) is 2.93. The van der Waals surface area contributed by atoms with E-state index in [-0.39, 0.29) is 23.3 Å². The van der Waals surface area contributed by atoms with Crippen LogP contribution in [0.4, 0.5) is 11.4 Å². The Morgan fingerprint density at radius 3 is 2.53 bits per heavy atom. The molecule has 150 valence electrons. The van der Waals surface area contributed by atoms with Crippen LogP contribution in [0.15, 0.2) is 54.6 Å². The van der Waals surface area contributed by atoms with Crippen molar-refractivity contribution in [1.29, 1.82) is 5.26 Å². The van der Waals surface area contributed by atoms with E-state index < -0.39 is 0 Å². The summed E-state index contributed by atoms with van der Waals surface area (Å²) in [6.45, 7) is 0.663. The standard InChI is InChI=1S/C23H21N5O2/c1-27(18-7-3-2-4-8-18)23(30)21-26-20(19-9-5-6-14-28(19)21)22(29)25-17-12-10-16(15-24)11-13-17/h2-4,7-8,10-13H,5-6,9,14H2,1H3,(H,25,29). The lowest BCUT2D eigenvalue weighted by Gasteiger charge is -2.20. The summed E-state index contributed by atoms with van der Waals surface area (Å²) in [4.78, 5) is 32.1. The molecule has 30 heavy (non-hydrogen) atoms. The molecule has 2 amide bonds. The van der Waals surface area contributed by atoms with Crippen LogP contribution >= 0.6 is 0 Å². The first-order valence-corrected chi connectivity index (χ1v) is 9.82. The molecule has 1 aromatic heterocycles. The molecule has 0 saturated heterocycles. The van der Waals surface area contributed by atoms with Crippen molar-refractivity contribution in [3.8, 4) is 6.07 Å². The number of fused-ring (bicyclic) bond motifs is 1. The Kier molecular flexibility index (Phi) is 5.31. The predicted octanol–water partition coefficient (Wildman–Crippen LogP) is 3.62. The fourth-order valence-electron chi connectivity index (χ4n) is 3.63. The zero-order valence-corrected chi connectivity index (χ0v) is 16.6. The summed E-state index contributed by atoms with van der Waals surface area (Å²) in [5.74, 6) is -0.324. The highest BCUT2D eigenvalue weighted by atomic mass is 16.2. The highest BCUT2D eigenvalue weighted by Gasteiger charge is 2.29. The molecule has 2 aromatic carbocycles. The molecule has 4 rings (SSSR count). The lowest BCUT2D eigenvalue weighted by atomic mass is 10.1. The zero-order chi connectivity index (χ0) is 21.1. The van der Waals surface area contributed by atoms with E-state index in [4.69, 9.17) is 5.26 Å². The van der Waals surface area contributed by atoms with Crippen molar-refractivity contribution in [3.63, 3.8) is 0 Å². The van der Waals surface area contributed by atoms with E-state index in [9.17, 15) is 9.59 Å². The number of rotatable bonds is 4. The first-order chi connectivity index (χ1) is 14.6. The monoisotopic (exact) mass is 399 g/mol. The van der Waals surface area contributed by atoms with Gasteiger partial charge in [0.1, 0.15) is 0 Å². The Morgan fingerprint density at radius 2 is 1.83 bits per heavy atom. The van der Waals surface area contributed by atoms with E-state index in [1.807, 2.05) is 41.0 Å². The molecule has 0 aliphatic carbocycles. The Morgan fingerprint density at radius 1 is 1.10 bits per heavy atom. The number of para-hydroxylation sites is 1. The minimum absolute atomic E-state index is 0.248. The largest absolute Gasteiger partial charge is 0.323 e. The van der Waals surface area contributed by atoms with Crippen molar-refractivity contribution in [2.45, 2.75) is 25.8 Å². The molecule has 0 spiro atoms. The fraction of sp³-hybridized carbons (Fsp3) is 0.217. The number of imidazole rings is 1. The van der Waals surface area contributed by atoms with Crippen molar-refractivity contribution in [3.05, 3.63) is 77.4 Å². The van der Waals surface area contributed by atoms with Crippen LogP contribution in [0.3, 0.4) is 0 Å². The molecule has 3 aromatic rings. The van der Waals surface area contributed by atoms with Crippen LogP contribution in [0, 0.1) is 11.3 Å². The van der Waals surface area contributed by atoms with Gasteiger partial charge in [-0.05, 0) is 55.7 Å². The summed E-state index contributed by atoms with van der Waals surface area (Å²) in [6.07, 6.45) is 2.59. The summed E-state index contributed by atoms with van der Waals surface area (Å²) in [6, 6.07) is 18.0. The molecular formula is C23H21N5O2. The van der Waals surface area contributed by atoms with Crippen LogP contribution < -0.4 is 10.2 Å². The number of carbonyl (C=O) groups is 2. The maximum absolute atomic E-state index is 13.2. The van der Waals surface area contributed by atoms with Crippen LogP contribution in [0.25, 0.3) is 0 Å². The van der Waals surface area contributed by atoms with Gasteiger partial charge in [0, 0.05) is 25.0 Å². The lowest BCUT2D eigenvalue weighted by molar-refractivity contribution is 0.0978. The smallest absolute Gasteiger partial charge is 0.294 e. The number of nitriles is 1. The maximum atomic E-state index is 13.2. The van der Waals surface area contributed by atoms with Gasteiger partial charge in [0.15, 0.2) is 5.69 Å². The normalized spacial score (nSPS) is 12.5. The van der Waals surface area contributed by atoms with Crippen molar-refractivity contribution < 1.29 is 9.59 Å². The van der Waals surface area contributed by atoms with E-state index in [1.165, 1.54) is 0 Å². The second-order valence-corrected chi connectivity index (χ2v) is 7.18. The van der Waals surface area contributed by atoms with Gasteiger partial charge in [-0.3, -0.25) is 9.59 Å². The van der Waals surface area contributed by atoms with Crippen LogP contribution in [-0.2, 0) is 13.0 Å². The first kappa shape index (κ1) is 19.4. The third-order valence-corrected chi connectivity index (χ3v) is 5.24. The third kappa shape index (κ3) is 3.67. The van der Waals surface area contributed by atoms with Gasteiger partial charge in [-0.2, -0.15) is 5.26 Å². The van der Waals surface area contributed by atoms with E-state index in [0.717, 1.165) is 24.2 Å². The van der Waals surface area contributed by atoms with Crippen molar-refractivity contribution in [1.82, 2.24) is 9.55 Å². The van der Waals surface area contributed by atoms with Crippen molar-refractivity contribution in [2.75, 3.05) is 17.3 Å². The molecule has 0 atom stereocenters. The van der Waals surface area contributed by atoms with E-state index in [1.54, 1.807) is 36.2 Å². The quantitative estimate of drug-likeness (QED) is 0.725. The van der Waals surface area contributed by atoms with Crippen molar-refractivity contribution >= 4 is 23.2 Å². The topological polar surface area (TPSA) is 91.0 Å². The van der Waals surface area contributed by atoms with Gasteiger partial charge in [0.2, 0.25) is 5.82 Å². The van der Waals surface area contributed by atoms with Gasteiger partial charge in [-0.25, -0.2) is 4.98 Å². The number of hydrogen-bond acceptors (Lipinski definition) is 4. The van der Waals surface area contributed by atoms with Gasteiger partial charge in [0.25, 0.3) is 11.8 Å². The molecule has 1 N–H and O–H groups in total. The van der Waals surface area contributed by atoms with Gasteiger partial charge in [-0.15, -0.1) is 0 Å². The summed E-state index contributed by atoms with van der Waals surface area (Å²) in [7, 11) is 1.71. The van der Waals surface area contributed by atoms with E-state index in [0.29, 0.717) is 24.2 Å². The number of aromatic nitrogens is 2. The van der Waals surface area contributed by atoms with Crippen LogP contribution in [0.1, 0.15) is 45.2 Å². The van der Waals surface area contributed by atoms with Gasteiger partial charge in [0.05, 0.1) is 17.3 Å². The van der Waals surface area contributed by atoms with Crippen molar-refractivity contribution in [2.24, 2.45) is 0 Å². The molecule has 0 unspecified atom stereocenters. The number of carbonyl (C=O) groups excluding carboxylic acids is 2. The molecule has 7 heteroatoms. The molecular weight excluding hydrogens is 378 g/mol. The lowest BCUT2D eigenvalue weighted by Crippen LogP contribution is -2.30. The predicted molar refractivity (Wildman–Crippen MR) is 113 cm³/mol. The minimum Gasteiger partial charge on any atom is -0.323 e. The highest BCUT2D eigenvalue weighted by molar-refractivity contribution is 6.07. The van der Waals surface area contributed by atoms with E-state index >= 15 is 0 Å². The maximum Gasteiger partial charge on any atom is 0.294 e. The number of anilines is 2. The minimum atomic E-state index is -0.355. The van der Waals surface area contributed by atoms with Crippen LogP contribution in [0.5, 0.6) is 0 Å². The fourth-order valence-corrected chi connectivity index (χ4v) is 3.63. The van der Waals surface area contributed by atoms with Gasteiger partial charge < -0.3 is 14.8 Å². The average molecular weight is 399 g/mol. The number of nitrogens with zero attached hydrogens (tertiary/aromatic N) is 4. The highest BCUT2D eigenvalue weighted by Crippen LogP contribution is 2.24. The summed E-state index contributed by atoms with van der Waals surface area (Å²) in [5, 5.41) is 11.7. The molecule has 0 saturated carbocycles. The SMILES string of the molecule is CN(C(=O)c1nc(C(=O)Nc2ccc(C#N)cc2)c2n1CCCC2)c1ccccc1. The Labute approximate surface area is 174 Å².